The maximum absolute atomic E-state index is 11.4. The average Bonchev–Trinajstić information content (AvgIpc) is 2.53. The second-order valence-electron chi connectivity index (χ2n) is 3.20. The zero-order chi connectivity index (χ0) is 11.5. The van der Waals surface area contributed by atoms with Gasteiger partial charge in [0, 0.05) is 18.7 Å². The van der Waals surface area contributed by atoms with Crippen LogP contribution in [0.25, 0.3) is 0 Å². The van der Waals surface area contributed by atoms with Crippen LogP contribution in [0.15, 0.2) is 39.9 Å². The molecule has 0 aliphatic rings. The van der Waals surface area contributed by atoms with Crippen LogP contribution in [0.3, 0.4) is 0 Å². The van der Waals surface area contributed by atoms with Crippen LogP contribution in [0.4, 0.5) is 0 Å². The Morgan fingerprint density at radius 3 is 2.44 bits per heavy atom. The van der Waals surface area contributed by atoms with Gasteiger partial charge in [-0.2, -0.15) is 4.57 Å². The molecule has 1 heterocycles. The van der Waals surface area contributed by atoms with Gasteiger partial charge in [0.05, 0.1) is 0 Å². The SMILES string of the molecule is Cn1[nH]c(=O)n(C#Cc2ccccc2)c1=O. The van der Waals surface area contributed by atoms with E-state index < -0.39 is 11.4 Å². The van der Waals surface area contributed by atoms with E-state index in [1.54, 1.807) is 12.1 Å². The Morgan fingerprint density at radius 1 is 1.19 bits per heavy atom. The van der Waals surface area contributed by atoms with Gasteiger partial charge in [0.25, 0.3) is 0 Å². The topological polar surface area (TPSA) is 59.8 Å². The van der Waals surface area contributed by atoms with Crippen LogP contribution in [0.2, 0.25) is 0 Å². The Bertz CT molecular complexity index is 665. The van der Waals surface area contributed by atoms with E-state index >= 15 is 0 Å². The fourth-order valence-electron chi connectivity index (χ4n) is 1.22. The molecule has 1 aromatic heterocycles. The van der Waals surface area contributed by atoms with Crippen molar-refractivity contribution in [2.24, 2.45) is 7.05 Å². The molecule has 0 unspecified atom stereocenters. The van der Waals surface area contributed by atoms with Crippen LogP contribution in [0, 0.1) is 12.0 Å². The molecule has 2 aromatic rings. The summed E-state index contributed by atoms with van der Waals surface area (Å²) in [6, 6.07) is 11.6. The standard InChI is InChI=1S/C11H9N3O2/c1-13-11(16)14(10(15)12-13)8-7-9-5-3-2-4-6-9/h2-6H,1H3,(H,12,15). The molecule has 0 radical (unpaired) electrons. The zero-order valence-corrected chi connectivity index (χ0v) is 8.60. The van der Waals surface area contributed by atoms with E-state index in [1.165, 1.54) is 7.05 Å². The molecular weight excluding hydrogens is 206 g/mol. The van der Waals surface area contributed by atoms with Crippen molar-refractivity contribution >= 4 is 0 Å². The van der Waals surface area contributed by atoms with E-state index in [0.29, 0.717) is 0 Å². The highest BCUT2D eigenvalue weighted by Gasteiger charge is 2.01. The van der Waals surface area contributed by atoms with Crippen LogP contribution in [0.1, 0.15) is 5.56 Å². The fraction of sp³-hybridized carbons (Fsp3) is 0.0909. The number of hydrogen-bond acceptors (Lipinski definition) is 2. The molecule has 16 heavy (non-hydrogen) atoms. The van der Waals surface area contributed by atoms with Gasteiger partial charge in [0.15, 0.2) is 0 Å². The van der Waals surface area contributed by atoms with Gasteiger partial charge in [0.2, 0.25) is 0 Å². The van der Waals surface area contributed by atoms with Crippen molar-refractivity contribution in [3.63, 3.8) is 0 Å². The molecule has 1 N–H and O–H groups in total. The summed E-state index contributed by atoms with van der Waals surface area (Å²) in [7, 11) is 1.46. The van der Waals surface area contributed by atoms with Crippen LogP contribution in [-0.4, -0.2) is 14.3 Å². The molecule has 5 nitrogen and oxygen atoms in total. The summed E-state index contributed by atoms with van der Waals surface area (Å²) >= 11 is 0. The highest BCUT2D eigenvalue weighted by molar-refractivity contribution is 5.33. The first kappa shape index (κ1) is 10.1. The van der Waals surface area contributed by atoms with E-state index in [4.69, 9.17) is 0 Å². The third-order valence-corrected chi connectivity index (χ3v) is 2.03. The summed E-state index contributed by atoms with van der Waals surface area (Å²) in [4.78, 5) is 22.7. The zero-order valence-electron chi connectivity index (χ0n) is 8.60. The number of H-pyrrole nitrogens is 1. The Hall–Kier alpha value is -2.48. The lowest BCUT2D eigenvalue weighted by Crippen LogP contribution is -2.24. The van der Waals surface area contributed by atoms with Crippen LogP contribution in [-0.2, 0) is 7.05 Å². The Morgan fingerprint density at radius 2 is 1.88 bits per heavy atom. The van der Waals surface area contributed by atoms with Gasteiger partial charge in [-0.05, 0) is 18.1 Å². The third-order valence-electron chi connectivity index (χ3n) is 2.03. The number of rotatable bonds is 0. The number of aromatic nitrogens is 3. The quantitative estimate of drug-likeness (QED) is 0.615. The number of aromatic amines is 1. The van der Waals surface area contributed by atoms with E-state index in [1.807, 2.05) is 18.2 Å². The summed E-state index contributed by atoms with van der Waals surface area (Å²) in [6.45, 7) is 0. The van der Waals surface area contributed by atoms with Gasteiger partial charge in [-0.15, -0.1) is 0 Å². The van der Waals surface area contributed by atoms with Gasteiger partial charge in [0.1, 0.15) is 0 Å². The minimum Gasteiger partial charge on any atom is -0.245 e. The van der Waals surface area contributed by atoms with Gasteiger partial charge in [-0.25, -0.2) is 19.4 Å². The Balaban J connectivity index is 2.47. The molecule has 0 aliphatic carbocycles. The predicted octanol–water partition coefficient (Wildman–Crippen LogP) is -0.268. The van der Waals surface area contributed by atoms with E-state index in [9.17, 15) is 9.59 Å². The lowest BCUT2D eigenvalue weighted by molar-refractivity contribution is 0.724. The molecule has 0 bridgehead atoms. The van der Waals surface area contributed by atoms with Crippen LogP contribution >= 0.6 is 0 Å². The Kier molecular flexibility index (Phi) is 2.48. The molecule has 0 aliphatic heterocycles. The van der Waals surface area contributed by atoms with Gasteiger partial charge in [-0.1, -0.05) is 18.2 Å². The first-order valence-electron chi connectivity index (χ1n) is 4.63. The minimum atomic E-state index is -0.532. The van der Waals surface area contributed by atoms with Crippen molar-refractivity contribution < 1.29 is 0 Å². The molecule has 0 amide bonds. The van der Waals surface area contributed by atoms with Crippen molar-refractivity contribution in [3.05, 3.63) is 56.9 Å². The largest absolute Gasteiger partial charge is 0.358 e. The number of benzene rings is 1. The van der Waals surface area contributed by atoms with Crippen molar-refractivity contribution in [3.8, 4) is 12.0 Å². The monoisotopic (exact) mass is 215 g/mol. The number of nitrogens with zero attached hydrogens (tertiary/aromatic N) is 2. The summed E-state index contributed by atoms with van der Waals surface area (Å²) in [5.41, 5.74) is -0.262. The second kappa shape index (κ2) is 3.95. The summed E-state index contributed by atoms with van der Waals surface area (Å²) in [5, 5.41) is 2.32. The minimum absolute atomic E-state index is 0.478. The van der Waals surface area contributed by atoms with Crippen LogP contribution < -0.4 is 11.4 Å². The molecule has 5 heteroatoms. The van der Waals surface area contributed by atoms with E-state index in [0.717, 1.165) is 14.8 Å². The fourth-order valence-corrected chi connectivity index (χ4v) is 1.22. The molecule has 0 atom stereocenters. The maximum atomic E-state index is 11.4. The van der Waals surface area contributed by atoms with Crippen molar-refractivity contribution in [1.82, 2.24) is 14.3 Å². The first-order valence-corrected chi connectivity index (χ1v) is 4.63. The summed E-state index contributed by atoms with van der Waals surface area (Å²) in [6.07, 6.45) is 0. The van der Waals surface area contributed by atoms with E-state index in [-0.39, 0.29) is 0 Å². The lowest BCUT2D eigenvalue weighted by atomic mass is 10.2. The molecule has 80 valence electrons. The molecule has 2 rings (SSSR count). The summed E-state index contributed by atoms with van der Waals surface area (Å²) < 4.78 is 1.93. The van der Waals surface area contributed by atoms with Gasteiger partial charge < -0.3 is 0 Å². The molecule has 0 spiro atoms. The van der Waals surface area contributed by atoms with Crippen molar-refractivity contribution in [2.45, 2.75) is 0 Å². The van der Waals surface area contributed by atoms with Crippen molar-refractivity contribution in [2.75, 3.05) is 0 Å². The summed E-state index contributed by atoms with van der Waals surface area (Å²) in [5.74, 6) is 2.74. The number of hydrogen-bond donors (Lipinski definition) is 1. The molecule has 0 saturated carbocycles. The third kappa shape index (κ3) is 1.81. The van der Waals surface area contributed by atoms with Crippen LogP contribution in [0.5, 0.6) is 0 Å². The number of nitrogens with one attached hydrogen (secondary N) is 1. The molecule has 0 saturated heterocycles. The molecular formula is C11H9N3O2. The average molecular weight is 215 g/mol. The smallest absolute Gasteiger partial charge is 0.245 e. The normalized spacial score (nSPS) is 9.56. The molecule has 1 aromatic carbocycles. The lowest BCUT2D eigenvalue weighted by Gasteiger charge is -1.86. The van der Waals surface area contributed by atoms with Gasteiger partial charge in [-0.3, -0.25) is 0 Å². The highest BCUT2D eigenvalue weighted by Crippen LogP contribution is 1.94. The van der Waals surface area contributed by atoms with Crippen molar-refractivity contribution in [1.29, 1.82) is 0 Å². The van der Waals surface area contributed by atoms with Gasteiger partial charge >= 0.3 is 11.4 Å². The molecule has 0 fully saturated rings. The predicted molar refractivity (Wildman–Crippen MR) is 59.0 cm³/mol. The Labute approximate surface area is 90.9 Å². The second-order valence-corrected chi connectivity index (χ2v) is 3.20. The maximum Gasteiger partial charge on any atom is 0.358 e. The highest BCUT2D eigenvalue weighted by atomic mass is 16.2. The van der Waals surface area contributed by atoms with E-state index in [2.05, 4.69) is 17.1 Å². The number of aryl methyl sites for hydroxylation is 1. The first-order chi connectivity index (χ1) is 7.68.